The van der Waals surface area contributed by atoms with Crippen molar-refractivity contribution in [3.63, 3.8) is 0 Å². The van der Waals surface area contributed by atoms with Crippen LogP contribution in [0.15, 0.2) is 22.7 Å². The summed E-state index contributed by atoms with van der Waals surface area (Å²) in [5.74, 6) is 0.597. The predicted octanol–water partition coefficient (Wildman–Crippen LogP) is 2.04. The van der Waals surface area contributed by atoms with Crippen molar-refractivity contribution in [1.82, 2.24) is 10.1 Å². The number of nitriles is 1. The molecule has 6 heteroatoms. The second-order valence-corrected chi connectivity index (χ2v) is 3.72. The van der Waals surface area contributed by atoms with Crippen molar-refractivity contribution < 1.29 is 8.91 Å². The van der Waals surface area contributed by atoms with Crippen LogP contribution in [-0.2, 0) is 6.42 Å². The maximum absolute atomic E-state index is 13.3. The number of hydrogen-bond donors (Lipinski definition) is 1. The smallest absolute Gasteiger partial charge is 0.228 e. The standard InChI is InChI=1S/C12H11FN4O/c1-8-16-12(18-17-8)4-5-15-10-3-2-9(7-14)11(13)6-10/h2-3,6,15H,4-5H2,1H3. The fourth-order valence-corrected chi connectivity index (χ4v) is 1.47. The van der Waals surface area contributed by atoms with E-state index in [0.29, 0.717) is 30.4 Å². The van der Waals surface area contributed by atoms with Crippen LogP contribution in [-0.4, -0.2) is 16.7 Å². The molecule has 0 amide bonds. The Hall–Kier alpha value is -2.42. The lowest BCUT2D eigenvalue weighted by atomic mass is 10.2. The monoisotopic (exact) mass is 246 g/mol. The van der Waals surface area contributed by atoms with Gasteiger partial charge in [0.25, 0.3) is 0 Å². The molecule has 18 heavy (non-hydrogen) atoms. The minimum Gasteiger partial charge on any atom is -0.384 e. The number of anilines is 1. The van der Waals surface area contributed by atoms with Gasteiger partial charge < -0.3 is 9.84 Å². The van der Waals surface area contributed by atoms with Crippen LogP contribution >= 0.6 is 0 Å². The number of rotatable bonds is 4. The first-order valence-electron chi connectivity index (χ1n) is 5.42. The van der Waals surface area contributed by atoms with E-state index < -0.39 is 5.82 Å². The zero-order valence-corrected chi connectivity index (χ0v) is 9.77. The quantitative estimate of drug-likeness (QED) is 0.893. The average molecular weight is 246 g/mol. The van der Waals surface area contributed by atoms with Gasteiger partial charge in [-0.2, -0.15) is 10.2 Å². The van der Waals surface area contributed by atoms with Crippen molar-refractivity contribution >= 4 is 5.69 Å². The maximum Gasteiger partial charge on any atom is 0.228 e. The highest BCUT2D eigenvalue weighted by atomic mass is 19.1. The Morgan fingerprint density at radius 1 is 1.50 bits per heavy atom. The van der Waals surface area contributed by atoms with Gasteiger partial charge in [0.1, 0.15) is 11.9 Å². The molecule has 2 rings (SSSR count). The Balaban J connectivity index is 1.91. The van der Waals surface area contributed by atoms with E-state index in [4.69, 9.17) is 9.78 Å². The molecule has 1 N–H and O–H groups in total. The second kappa shape index (κ2) is 5.27. The van der Waals surface area contributed by atoms with Crippen LogP contribution in [0.3, 0.4) is 0 Å². The molecule has 0 radical (unpaired) electrons. The molecule has 0 saturated heterocycles. The molecule has 0 aliphatic rings. The first-order chi connectivity index (χ1) is 8.69. The number of aryl methyl sites for hydroxylation is 1. The molecule has 0 fully saturated rings. The maximum atomic E-state index is 13.3. The van der Waals surface area contributed by atoms with Crippen molar-refractivity contribution in [1.29, 1.82) is 5.26 Å². The molecular weight excluding hydrogens is 235 g/mol. The highest BCUT2D eigenvalue weighted by Crippen LogP contribution is 2.13. The van der Waals surface area contributed by atoms with Gasteiger partial charge in [-0.05, 0) is 25.1 Å². The van der Waals surface area contributed by atoms with Gasteiger partial charge in [-0.1, -0.05) is 5.16 Å². The van der Waals surface area contributed by atoms with Crippen LogP contribution in [0.25, 0.3) is 0 Å². The summed E-state index contributed by atoms with van der Waals surface area (Å²) in [6.45, 7) is 2.30. The van der Waals surface area contributed by atoms with Gasteiger partial charge in [0.2, 0.25) is 5.89 Å². The highest BCUT2D eigenvalue weighted by molar-refractivity contribution is 5.48. The van der Waals surface area contributed by atoms with Gasteiger partial charge in [0, 0.05) is 18.7 Å². The Morgan fingerprint density at radius 3 is 2.94 bits per heavy atom. The summed E-state index contributed by atoms with van der Waals surface area (Å²) in [5, 5.41) is 15.3. The van der Waals surface area contributed by atoms with Crippen molar-refractivity contribution in [2.24, 2.45) is 0 Å². The van der Waals surface area contributed by atoms with Crippen LogP contribution in [0.1, 0.15) is 17.3 Å². The fraction of sp³-hybridized carbons (Fsp3) is 0.250. The van der Waals surface area contributed by atoms with Crippen LogP contribution in [0.4, 0.5) is 10.1 Å². The highest BCUT2D eigenvalue weighted by Gasteiger charge is 2.04. The van der Waals surface area contributed by atoms with Gasteiger partial charge in [0.05, 0.1) is 5.56 Å². The molecule has 1 heterocycles. The van der Waals surface area contributed by atoms with Crippen LogP contribution in [0.2, 0.25) is 0 Å². The van der Waals surface area contributed by atoms with Crippen molar-refractivity contribution in [2.75, 3.05) is 11.9 Å². The third-order valence-corrected chi connectivity index (χ3v) is 2.33. The normalized spacial score (nSPS) is 10.1. The second-order valence-electron chi connectivity index (χ2n) is 3.72. The van der Waals surface area contributed by atoms with E-state index in [2.05, 4.69) is 15.5 Å². The molecular formula is C12H11FN4O. The lowest BCUT2D eigenvalue weighted by Gasteiger charge is -2.04. The molecule has 1 aromatic heterocycles. The lowest BCUT2D eigenvalue weighted by Crippen LogP contribution is -2.05. The van der Waals surface area contributed by atoms with Crippen LogP contribution in [0, 0.1) is 24.1 Å². The van der Waals surface area contributed by atoms with Crippen LogP contribution in [0.5, 0.6) is 0 Å². The first kappa shape index (κ1) is 12.0. The first-order valence-corrected chi connectivity index (χ1v) is 5.42. The summed E-state index contributed by atoms with van der Waals surface area (Å²) in [7, 11) is 0. The van der Waals surface area contributed by atoms with E-state index in [-0.39, 0.29) is 5.56 Å². The number of halogens is 1. The number of nitrogens with zero attached hydrogens (tertiary/aromatic N) is 3. The lowest BCUT2D eigenvalue weighted by molar-refractivity contribution is 0.377. The van der Waals surface area contributed by atoms with E-state index in [9.17, 15) is 4.39 Å². The molecule has 0 atom stereocenters. The molecule has 0 unspecified atom stereocenters. The van der Waals surface area contributed by atoms with Gasteiger partial charge >= 0.3 is 0 Å². The minimum absolute atomic E-state index is 0.0353. The molecule has 0 aliphatic heterocycles. The van der Waals surface area contributed by atoms with Gasteiger partial charge in [-0.3, -0.25) is 0 Å². The molecule has 2 aromatic rings. The van der Waals surface area contributed by atoms with E-state index in [1.54, 1.807) is 19.1 Å². The van der Waals surface area contributed by atoms with E-state index >= 15 is 0 Å². The molecule has 5 nitrogen and oxygen atoms in total. The summed E-state index contributed by atoms with van der Waals surface area (Å²) in [6.07, 6.45) is 0.558. The SMILES string of the molecule is Cc1noc(CCNc2ccc(C#N)c(F)c2)n1. The summed E-state index contributed by atoms with van der Waals surface area (Å²) >= 11 is 0. The summed E-state index contributed by atoms with van der Waals surface area (Å²) in [5.41, 5.74) is 0.649. The van der Waals surface area contributed by atoms with Crippen LogP contribution < -0.4 is 5.32 Å². The minimum atomic E-state index is -0.531. The Labute approximate surface area is 103 Å². The molecule has 0 bridgehead atoms. The zero-order chi connectivity index (χ0) is 13.0. The number of benzene rings is 1. The largest absolute Gasteiger partial charge is 0.384 e. The Kier molecular flexibility index (Phi) is 3.53. The van der Waals surface area contributed by atoms with Crippen molar-refractivity contribution in [3.8, 4) is 6.07 Å². The number of aromatic nitrogens is 2. The van der Waals surface area contributed by atoms with Gasteiger partial charge in [-0.15, -0.1) is 0 Å². The third-order valence-electron chi connectivity index (χ3n) is 2.33. The Bertz CT molecular complexity index is 588. The fourth-order valence-electron chi connectivity index (χ4n) is 1.47. The van der Waals surface area contributed by atoms with Gasteiger partial charge in [0.15, 0.2) is 5.82 Å². The molecule has 0 aliphatic carbocycles. The molecule has 92 valence electrons. The third kappa shape index (κ3) is 2.83. The predicted molar refractivity (Wildman–Crippen MR) is 62.3 cm³/mol. The number of hydrogen-bond acceptors (Lipinski definition) is 5. The molecule has 0 saturated carbocycles. The average Bonchev–Trinajstić information content (AvgIpc) is 2.75. The zero-order valence-electron chi connectivity index (χ0n) is 9.77. The van der Waals surface area contributed by atoms with E-state index in [1.165, 1.54) is 12.1 Å². The summed E-state index contributed by atoms with van der Waals surface area (Å²) in [6, 6.07) is 6.15. The van der Waals surface area contributed by atoms with Crippen molar-refractivity contribution in [2.45, 2.75) is 13.3 Å². The van der Waals surface area contributed by atoms with E-state index in [0.717, 1.165) is 0 Å². The summed E-state index contributed by atoms with van der Waals surface area (Å²) < 4.78 is 18.2. The van der Waals surface area contributed by atoms with Crippen molar-refractivity contribution in [3.05, 3.63) is 41.3 Å². The van der Waals surface area contributed by atoms with Gasteiger partial charge in [-0.25, -0.2) is 4.39 Å². The van der Waals surface area contributed by atoms with E-state index in [1.807, 2.05) is 0 Å². The Morgan fingerprint density at radius 2 is 2.33 bits per heavy atom. The topological polar surface area (TPSA) is 74.7 Å². The summed E-state index contributed by atoms with van der Waals surface area (Å²) in [4.78, 5) is 4.05. The molecule has 0 spiro atoms. The molecule has 1 aromatic carbocycles. The number of nitrogens with one attached hydrogen (secondary N) is 1.